The van der Waals surface area contributed by atoms with Gasteiger partial charge < -0.3 is 14.9 Å². The standard InChI is InChI=1S/C11H12F2O4/c1-17-10-5-7(12)6(4-8(10)13)2-3-9(14)11(15)16/h4-5,9,14H,2-3H2,1H3,(H,15,16). The van der Waals surface area contributed by atoms with Crippen molar-refractivity contribution in [3.63, 3.8) is 0 Å². The van der Waals surface area contributed by atoms with E-state index < -0.39 is 23.7 Å². The average molecular weight is 246 g/mol. The Morgan fingerprint density at radius 2 is 2.06 bits per heavy atom. The van der Waals surface area contributed by atoms with Crippen LogP contribution in [0.3, 0.4) is 0 Å². The molecular formula is C11H12F2O4. The highest BCUT2D eigenvalue weighted by molar-refractivity contribution is 5.71. The number of benzene rings is 1. The predicted molar refractivity (Wildman–Crippen MR) is 54.9 cm³/mol. The van der Waals surface area contributed by atoms with Crippen LogP contribution in [0, 0.1) is 11.6 Å². The zero-order valence-corrected chi connectivity index (χ0v) is 9.11. The first-order valence-corrected chi connectivity index (χ1v) is 4.88. The Hall–Kier alpha value is -1.69. The maximum Gasteiger partial charge on any atom is 0.332 e. The fraction of sp³-hybridized carbons (Fsp3) is 0.364. The van der Waals surface area contributed by atoms with Gasteiger partial charge in [0.1, 0.15) is 5.82 Å². The molecule has 94 valence electrons. The van der Waals surface area contributed by atoms with E-state index in [0.29, 0.717) is 0 Å². The first kappa shape index (κ1) is 13.4. The van der Waals surface area contributed by atoms with Gasteiger partial charge in [-0.3, -0.25) is 0 Å². The number of aliphatic hydroxyl groups is 1. The van der Waals surface area contributed by atoms with Crippen molar-refractivity contribution in [1.82, 2.24) is 0 Å². The number of rotatable bonds is 5. The van der Waals surface area contributed by atoms with E-state index in [4.69, 9.17) is 10.2 Å². The minimum Gasteiger partial charge on any atom is -0.494 e. The van der Waals surface area contributed by atoms with Crippen molar-refractivity contribution in [1.29, 1.82) is 0 Å². The lowest BCUT2D eigenvalue weighted by Gasteiger charge is -2.08. The van der Waals surface area contributed by atoms with Gasteiger partial charge in [-0.25, -0.2) is 13.6 Å². The van der Waals surface area contributed by atoms with Crippen molar-refractivity contribution in [2.24, 2.45) is 0 Å². The number of ether oxygens (including phenoxy) is 1. The van der Waals surface area contributed by atoms with E-state index in [1.807, 2.05) is 0 Å². The van der Waals surface area contributed by atoms with Crippen LogP contribution in [0.1, 0.15) is 12.0 Å². The number of aliphatic hydroxyl groups excluding tert-OH is 1. The summed E-state index contributed by atoms with van der Waals surface area (Å²) in [6.07, 6.45) is -1.84. The Labute approximate surface area is 96.5 Å². The lowest BCUT2D eigenvalue weighted by atomic mass is 10.1. The van der Waals surface area contributed by atoms with Crippen molar-refractivity contribution in [2.45, 2.75) is 18.9 Å². The first-order chi connectivity index (χ1) is 7.95. The van der Waals surface area contributed by atoms with Crippen LogP contribution in [0.5, 0.6) is 5.75 Å². The van der Waals surface area contributed by atoms with Gasteiger partial charge in [0.15, 0.2) is 17.7 Å². The fourth-order valence-corrected chi connectivity index (χ4v) is 1.33. The van der Waals surface area contributed by atoms with E-state index in [9.17, 15) is 13.6 Å². The van der Waals surface area contributed by atoms with E-state index in [1.54, 1.807) is 0 Å². The van der Waals surface area contributed by atoms with E-state index in [-0.39, 0.29) is 24.2 Å². The number of methoxy groups -OCH3 is 1. The molecule has 4 nitrogen and oxygen atoms in total. The van der Waals surface area contributed by atoms with Crippen molar-refractivity contribution in [3.05, 3.63) is 29.3 Å². The number of halogens is 2. The van der Waals surface area contributed by atoms with Crippen molar-refractivity contribution < 1.29 is 28.5 Å². The number of carboxylic acids is 1. The molecule has 0 amide bonds. The molecule has 17 heavy (non-hydrogen) atoms. The topological polar surface area (TPSA) is 66.8 Å². The Bertz CT molecular complexity index is 420. The Kier molecular flexibility index (Phi) is 4.39. The molecule has 0 bridgehead atoms. The van der Waals surface area contributed by atoms with Gasteiger partial charge in [-0.05, 0) is 24.5 Å². The summed E-state index contributed by atoms with van der Waals surface area (Å²) in [4.78, 5) is 10.3. The maximum absolute atomic E-state index is 13.4. The summed E-state index contributed by atoms with van der Waals surface area (Å²) >= 11 is 0. The smallest absolute Gasteiger partial charge is 0.332 e. The van der Waals surface area contributed by atoms with Crippen LogP contribution in [0.2, 0.25) is 0 Å². The van der Waals surface area contributed by atoms with Gasteiger partial charge in [0.2, 0.25) is 0 Å². The van der Waals surface area contributed by atoms with Crippen LogP contribution >= 0.6 is 0 Å². The van der Waals surface area contributed by atoms with Gasteiger partial charge in [-0.15, -0.1) is 0 Å². The summed E-state index contributed by atoms with van der Waals surface area (Å²) in [5.41, 5.74) is 0.00333. The van der Waals surface area contributed by atoms with Crippen LogP contribution in [0.15, 0.2) is 12.1 Å². The normalized spacial score (nSPS) is 12.2. The van der Waals surface area contributed by atoms with Crippen LogP contribution in [0.25, 0.3) is 0 Å². The molecule has 0 fully saturated rings. The van der Waals surface area contributed by atoms with Gasteiger partial charge in [0, 0.05) is 6.07 Å². The van der Waals surface area contributed by atoms with Gasteiger partial charge in [0.25, 0.3) is 0 Å². The SMILES string of the molecule is COc1cc(F)c(CCC(O)C(=O)O)cc1F. The number of aliphatic carboxylic acids is 1. The quantitative estimate of drug-likeness (QED) is 0.823. The van der Waals surface area contributed by atoms with E-state index in [0.717, 1.165) is 12.1 Å². The second kappa shape index (κ2) is 5.58. The molecule has 0 heterocycles. The largest absolute Gasteiger partial charge is 0.494 e. The van der Waals surface area contributed by atoms with Crippen LogP contribution in [0.4, 0.5) is 8.78 Å². The molecule has 0 aromatic heterocycles. The summed E-state index contributed by atoms with van der Waals surface area (Å²) < 4.78 is 31.2. The second-order valence-corrected chi connectivity index (χ2v) is 3.47. The number of carboxylic acid groups (broad SMARTS) is 1. The first-order valence-electron chi connectivity index (χ1n) is 4.88. The number of hydrogen-bond donors (Lipinski definition) is 2. The van der Waals surface area contributed by atoms with Gasteiger partial charge in [-0.1, -0.05) is 0 Å². The molecule has 0 aliphatic rings. The third kappa shape index (κ3) is 3.39. The van der Waals surface area contributed by atoms with Crippen LogP contribution in [-0.2, 0) is 11.2 Å². The molecule has 1 unspecified atom stereocenters. The van der Waals surface area contributed by atoms with Crippen LogP contribution < -0.4 is 4.74 Å². The highest BCUT2D eigenvalue weighted by Gasteiger charge is 2.16. The molecule has 1 aromatic carbocycles. The zero-order chi connectivity index (χ0) is 13.0. The van der Waals surface area contributed by atoms with E-state index in [2.05, 4.69) is 4.74 Å². The Morgan fingerprint density at radius 1 is 1.41 bits per heavy atom. The molecule has 0 aliphatic carbocycles. The summed E-state index contributed by atoms with van der Waals surface area (Å²) in [6.45, 7) is 0. The molecule has 0 saturated carbocycles. The maximum atomic E-state index is 13.4. The monoisotopic (exact) mass is 246 g/mol. The molecule has 1 aromatic rings. The van der Waals surface area contributed by atoms with E-state index in [1.165, 1.54) is 7.11 Å². The van der Waals surface area contributed by atoms with Crippen LogP contribution in [-0.4, -0.2) is 29.4 Å². The number of hydrogen-bond acceptors (Lipinski definition) is 3. The minimum absolute atomic E-state index is 0.00333. The number of aryl methyl sites for hydroxylation is 1. The molecule has 6 heteroatoms. The van der Waals surface area contributed by atoms with Gasteiger partial charge in [0.05, 0.1) is 7.11 Å². The highest BCUT2D eigenvalue weighted by Crippen LogP contribution is 2.22. The van der Waals surface area contributed by atoms with Gasteiger partial charge >= 0.3 is 5.97 Å². The van der Waals surface area contributed by atoms with Gasteiger partial charge in [-0.2, -0.15) is 0 Å². The third-order valence-electron chi connectivity index (χ3n) is 2.29. The molecule has 2 N–H and O–H groups in total. The lowest BCUT2D eigenvalue weighted by Crippen LogP contribution is -2.20. The highest BCUT2D eigenvalue weighted by atomic mass is 19.1. The summed E-state index contributed by atoms with van der Waals surface area (Å²) in [5.74, 6) is -3.03. The van der Waals surface area contributed by atoms with Crippen molar-refractivity contribution in [2.75, 3.05) is 7.11 Å². The molecule has 1 rings (SSSR count). The molecule has 0 radical (unpaired) electrons. The fourth-order valence-electron chi connectivity index (χ4n) is 1.33. The average Bonchev–Trinajstić information content (AvgIpc) is 2.29. The Morgan fingerprint density at radius 3 is 2.59 bits per heavy atom. The van der Waals surface area contributed by atoms with E-state index >= 15 is 0 Å². The van der Waals surface area contributed by atoms with Crippen molar-refractivity contribution in [3.8, 4) is 5.75 Å². The minimum atomic E-state index is -1.58. The zero-order valence-electron chi connectivity index (χ0n) is 9.11. The molecule has 0 spiro atoms. The lowest BCUT2D eigenvalue weighted by molar-refractivity contribution is -0.146. The summed E-state index contributed by atoms with van der Waals surface area (Å²) in [7, 11) is 1.21. The molecular weight excluding hydrogens is 234 g/mol. The second-order valence-electron chi connectivity index (χ2n) is 3.47. The summed E-state index contributed by atoms with van der Waals surface area (Å²) in [6, 6.07) is 1.82. The van der Waals surface area contributed by atoms with Crippen molar-refractivity contribution >= 4 is 5.97 Å². The molecule has 0 saturated heterocycles. The Balaban J connectivity index is 2.78. The third-order valence-corrected chi connectivity index (χ3v) is 2.29. The predicted octanol–water partition coefficient (Wildman–Crippen LogP) is 1.35. The molecule has 0 aliphatic heterocycles. The molecule has 1 atom stereocenters. The number of carbonyl (C=O) groups is 1. The summed E-state index contributed by atoms with van der Waals surface area (Å²) in [5, 5.41) is 17.4.